The molecule has 1 amide bonds. The molecule has 6 heteroatoms. The fraction of sp³-hybridized carbons (Fsp3) is 0.538. The molecular formula is C13H21Cl2N3O. The van der Waals surface area contributed by atoms with Crippen molar-refractivity contribution in [3.05, 3.63) is 30.1 Å². The van der Waals surface area contributed by atoms with Crippen molar-refractivity contribution in [2.45, 2.75) is 38.3 Å². The first kappa shape index (κ1) is 18.2. The number of hydrogen-bond acceptors (Lipinski definition) is 3. The van der Waals surface area contributed by atoms with Crippen LogP contribution >= 0.6 is 24.8 Å². The summed E-state index contributed by atoms with van der Waals surface area (Å²) in [5.41, 5.74) is 6.96. The second-order valence-electron chi connectivity index (χ2n) is 4.70. The largest absolute Gasteiger partial charge is 0.352 e. The van der Waals surface area contributed by atoms with E-state index in [-0.39, 0.29) is 42.7 Å². The van der Waals surface area contributed by atoms with E-state index in [2.05, 4.69) is 10.3 Å². The minimum absolute atomic E-state index is 0. The average molecular weight is 306 g/mol. The molecule has 108 valence electrons. The van der Waals surface area contributed by atoms with E-state index in [1.165, 1.54) is 0 Å². The van der Waals surface area contributed by atoms with Gasteiger partial charge in [-0.25, -0.2) is 0 Å². The molecule has 1 aromatic rings. The highest BCUT2D eigenvalue weighted by Gasteiger charge is 2.24. The highest BCUT2D eigenvalue weighted by atomic mass is 35.5. The Labute approximate surface area is 126 Å². The summed E-state index contributed by atoms with van der Waals surface area (Å²) >= 11 is 0. The number of carbonyl (C=O) groups excluding carboxylic acids is 1. The average Bonchev–Trinajstić information content (AvgIpc) is 2.37. The molecule has 3 N–H and O–H groups in total. The number of rotatable bonds is 3. The summed E-state index contributed by atoms with van der Waals surface area (Å²) in [6.45, 7) is 0.576. The second-order valence-corrected chi connectivity index (χ2v) is 4.70. The van der Waals surface area contributed by atoms with E-state index >= 15 is 0 Å². The summed E-state index contributed by atoms with van der Waals surface area (Å²) in [6, 6.07) is 4.01. The van der Waals surface area contributed by atoms with E-state index in [9.17, 15) is 4.79 Å². The molecule has 0 aliphatic heterocycles. The Morgan fingerprint density at radius 1 is 1.32 bits per heavy atom. The smallest absolute Gasteiger partial charge is 0.223 e. The van der Waals surface area contributed by atoms with Crippen LogP contribution in [0.25, 0.3) is 0 Å². The zero-order valence-corrected chi connectivity index (χ0v) is 12.4. The Morgan fingerprint density at radius 2 is 2.00 bits per heavy atom. The van der Waals surface area contributed by atoms with E-state index in [4.69, 9.17) is 5.73 Å². The number of amides is 1. The van der Waals surface area contributed by atoms with Gasteiger partial charge < -0.3 is 11.1 Å². The Morgan fingerprint density at radius 3 is 2.63 bits per heavy atom. The third-order valence-electron chi connectivity index (χ3n) is 3.30. The van der Waals surface area contributed by atoms with Gasteiger partial charge >= 0.3 is 0 Å². The van der Waals surface area contributed by atoms with E-state index < -0.39 is 0 Å². The number of nitrogens with zero attached hydrogens (tertiary/aromatic N) is 1. The zero-order valence-electron chi connectivity index (χ0n) is 10.7. The molecule has 19 heavy (non-hydrogen) atoms. The van der Waals surface area contributed by atoms with Crippen LogP contribution in [0.4, 0.5) is 0 Å². The molecule has 0 aromatic carbocycles. The standard InChI is InChI=1S/C13H19N3O.2ClH/c14-12-3-1-2-11(8-12)13(17)16-9-10-4-6-15-7-5-10;;/h4-7,11-12H,1-3,8-9,14H2,(H,16,17);2*1H. The zero-order chi connectivity index (χ0) is 12.1. The Hall–Kier alpha value is -0.840. The monoisotopic (exact) mass is 305 g/mol. The van der Waals surface area contributed by atoms with Gasteiger partial charge in [-0.3, -0.25) is 9.78 Å². The maximum absolute atomic E-state index is 11.9. The molecule has 1 heterocycles. The number of hydrogen-bond donors (Lipinski definition) is 2. The van der Waals surface area contributed by atoms with Crippen molar-refractivity contribution in [1.82, 2.24) is 10.3 Å². The lowest BCUT2D eigenvalue weighted by Gasteiger charge is -2.25. The number of carbonyl (C=O) groups is 1. The van der Waals surface area contributed by atoms with Gasteiger partial charge in [0.2, 0.25) is 5.91 Å². The van der Waals surface area contributed by atoms with E-state index in [1.54, 1.807) is 12.4 Å². The molecule has 2 unspecified atom stereocenters. The van der Waals surface area contributed by atoms with Crippen molar-refractivity contribution in [1.29, 1.82) is 0 Å². The Kier molecular flexibility index (Phi) is 8.72. The molecular weight excluding hydrogens is 285 g/mol. The molecule has 1 saturated carbocycles. The lowest BCUT2D eigenvalue weighted by atomic mass is 9.85. The van der Waals surface area contributed by atoms with Crippen LogP contribution in [-0.2, 0) is 11.3 Å². The summed E-state index contributed by atoms with van der Waals surface area (Å²) in [5.74, 6) is 0.234. The fourth-order valence-corrected chi connectivity index (χ4v) is 2.30. The van der Waals surface area contributed by atoms with Gasteiger partial charge in [0.1, 0.15) is 0 Å². The minimum atomic E-state index is 0. The summed E-state index contributed by atoms with van der Waals surface area (Å²) in [5, 5.41) is 2.97. The van der Waals surface area contributed by atoms with Gasteiger partial charge in [0.15, 0.2) is 0 Å². The Balaban J connectivity index is 0.00000162. The van der Waals surface area contributed by atoms with Crippen LogP contribution in [0.2, 0.25) is 0 Å². The van der Waals surface area contributed by atoms with Gasteiger partial charge in [-0.15, -0.1) is 24.8 Å². The van der Waals surface area contributed by atoms with E-state index in [0.29, 0.717) is 6.54 Å². The molecule has 1 aliphatic carbocycles. The highest BCUT2D eigenvalue weighted by Crippen LogP contribution is 2.23. The highest BCUT2D eigenvalue weighted by molar-refractivity contribution is 5.85. The molecule has 0 spiro atoms. The topological polar surface area (TPSA) is 68.0 Å². The maximum Gasteiger partial charge on any atom is 0.223 e. The van der Waals surface area contributed by atoms with Crippen LogP contribution in [0.15, 0.2) is 24.5 Å². The lowest BCUT2D eigenvalue weighted by Crippen LogP contribution is -2.37. The SMILES string of the molecule is Cl.Cl.NC1CCCC(C(=O)NCc2ccncc2)C1. The Bertz CT molecular complexity index is 375. The first-order valence-electron chi connectivity index (χ1n) is 6.18. The summed E-state index contributed by atoms with van der Waals surface area (Å²) in [7, 11) is 0. The molecule has 1 aliphatic rings. The van der Waals surface area contributed by atoms with Gasteiger partial charge in [0, 0.05) is 30.9 Å². The van der Waals surface area contributed by atoms with Gasteiger partial charge in [0.25, 0.3) is 0 Å². The summed E-state index contributed by atoms with van der Waals surface area (Å²) in [4.78, 5) is 15.9. The molecule has 2 rings (SSSR count). The maximum atomic E-state index is 11.9. The van der Waals surface area contributed by atoms with E-state index in [1.807, 2.05) is 12.1 Å². The molecule has 0 bridgehead atoms. The number of nitrogens with one attached hydrogen (secondary N) is 1. The van der Waals surface area contributed by atoms with Crippen molar-refractivity contribution in [2.75, 3.05) is 0 Å². The number of pyridine rings is 1. The molecule has 1 aromatic heterocycles. The first-order valence-corrected chi connectivity index (χ1v) is 6.18. The summed E-state index contributed by atoms with van der Waals surface area (Å²) in [6.07, 6.45) is 7.37. The lowest BCUT2D eigenvalue weighted by molar-refractivity contribution is -0.126. The van der Waals surface area contributed by atoms with Crippen LogP contribution < -0.4 is 11.1 Å². The van der Waals surface area contributed by atoms with Gasteiger partial charge in [-0.05, 0) is 37.0 Å². The normalized spacial score (nSPS) is 21.7. The van der Waals surface area contributed by atoms with Crippen molar-refractivity contribution < 1.29 is 4.79 Å². The second kappa shape index (κ2) is 9.13. The quantitative estimate of drug-likeness (QED) is 0.898. The van der Waals surface area contributed by atoms with Gasteiger partial charge in [0.05, 0.1) is 0 Å². The number of nitrogens with two attached hydrogens (primary N) is 1. The third kappa shape index (κ3) is 5.76. The fourth-order valence-electron chi connectivity index (χ4n) is 2.30. The predicted octanol–water partition coefficient (Wildman–Crippen LogP) is 2.06. The van der Waals surface area contributed by atoms with Gasteiger partial charge in [-0.2, -0.15) is 0 Å². The third-order valence-corrected chi connectivity index (χ3v) is 3.30. The van der Waals surface area contributed by atoms with Crippen LogP contribution in [0.5, 0.6) is 0 Å². The van der Waals surface area contributed by atoms with Gasteiger partial charge in [-0.1, -0.05) is 6.42 Å². The van der Waals surface area contributed by atoms with Crippen molar-refractivity contribution >= 4 is 30.7 Å². The van der Waals surface area contributed by atoms with Crippen LogP contribution in [0, 0.1) is 5.92 Å². The van der Waals surface area contributed by atoms with Crippen LogP contribution in [-0.4, -0.2) is 16.9 Å². The van der Waals surface area contributed by atoms with Crippen molar-refractivity contribution in [3.8, 4) is 0 Å². The first-order chi connectivity index (χ1) is 8.25. The van der Waals surface area contributed by atoms with Crippen molar-refractivity contribution in [2.24, 2.45) is 11.7 Å². The summed E-state index contributed by atoms with van der Waals surface area (Å²) < 4.78 is 0. The molecule has 0 radical (unpaired) electrons. The number of aromatic nitrogens is 1. The van der Waals surface area contributed by atoms with Crippen LogP contribution in [0.1, 0.15) is 31.2 Å². The molecule has 2 atom stereocenters. The predicted molar refractivity (Wildman–Crippen MR) is 80.5 cm³/mol. The number of halogens is 2. The van der Waals surface area contributed by atoms with Crippen molar-refractivity contribution in [3.63, 3.8) is 0 Å². The van der Waals surface area contributed by atoms with Crippen LogP contribution in [0.3, 0.4) is 0 Å². The molecule has 1 fully saturated rings. The molecule has 0 saturated heterocycles. The van der Waals surface area contributed by atoms with E-state index in [0.717, 1.165) is 31.2 Å². The minimum Gasteiger partial charge on any atom is -0.352 e. The molecule has 4 nitrogen and oxygen atoms in total.